The highest BCUT2D eigenvalue weighted by Gasteiger charge is 2.27. The van der Waals surface area contributed by atoms with Gasteiger partial charge < -0.3 is 4.90 Å². The maximum atomic E-state index is 8.86. The lowest BCUT2D eigenvalue weighted by molar-refractivity contribution is 0.647. The minimum Gasteiger partial charge on any atom is -0.368 e. The molecule has 1 aromatic carbocycles. The summed E-state index contributed by atoms with van der Waals surface area (Å²) in [5.74, 6) is 1.15. The molecule has 0 radical (unpaired) electrons. The van der Waals surface area contributed by atoms with Gasteiger partial charge in [0.1, 0.15) is 0 Å². The normalized spacial score (nSPS) is 18.8. The summed E-state index contributed by atoms with van der Waals surface area (Å²) >= 11 is 5.58. The Morgan fingerprint density at radius 1 is 1.47 bits per heavy atom. The minimum absolute atomic E-state index is 0.297. The monoisotopic (exact) mass is 310 g/mol. The summed E-state index contributed by atoms with van der Waals surface area (Å²) in [4.78, 5) is 2.39. The molecule has 90 valence electrons. The summed E-state index contributed by atoms with van der Waals surface area (Å²) in [7, 11) is 0. The Hall–Kier alpha value is -0.660. The third kappa shape index (κ3) is 2.97. The zero-order chi connectivity index (χ0) is 12.5. The number of nitriles is 1. The van der Waals surface area contributed by atoms with Crippen LogP contribution in [0.15, 0.2) is 22.7 Å². The third-order valence-electron chi connectivity index (χ3n) is 2.84. The molecular formula is C13H15BrN2S. The number of hydrogen-bond acceptors (Lipinski definition) is 3. The van der Waals surface area contributed by atoms with E-state index in [2.05, 4.69) is 40.7 Å². The van der Waals surface area contributed by atoms with Gasteiger partial charge in [0.15, 0.2) is 0 Å². The van der Waals surface area contributed by atoms with Gasteiger partial charge in [0.2, 0.25) is 0 Å². The van der Waals surface area contributed by atoms with Crippen LogP contribution in [-0.4, -0.2) is 23.6 Å². The van der Waals surface area contributed by atoms with E-state index in [0.717, 1.165) is 23.3 Å². The van der Waals surface area contributed by atoms with Crippen LogP contribution in [0.1, 0.15) is 19.4 Å². The Bertz CT molecular complexity index is 465. The smallest absolute Gasteiger partial charge is 0.0992 e. The topological polar surface area (TPSA) is 27.0 Å². The van der Waals surface area contributed by atoms with Crippen LogP contribution in [-0.2, 0) is 0 Å². The lowest BCUT2D eigenvalue weighted by atomic mass is 10.1. The first-order chi connectivity index (χ1) is 8.02. The number of hydrogen-bond donors (Lipinski definition) is 0. The van der Waals surface area contributed by atoms with Crippen molar-refractivity contribution in [1.82, 2.24) is 0 Å². The molecule has 0 unspecified atom stereocenters. The third-order valence-corrected chi connectivity index (χ3v) is 4.78. The summed E-state index contributed by atoms with van der Waals surface area (Å²) in [5, 5.41) is 8.86. The van der Waals surface area contributed by atoms with E-state index in [0.29, 0.717) is 10.3 Å². The summed E-state index contributed by atoms with van der Waals surface area (Å²) < 4.78 is 1.31. The first-order valence-corrected chi connectivity index (χ1v) is 7.38. The molecular weight excluding hydrogens is 296 g/mol. The van der Waals surface area contributed by atoms with E-state index >= 15 is 0 Å². The van der Waals surface area contributed by atoms with E-state index in [1.165, 1.54) is 5.69 Å². The standard InChI is InChI=1S/C13H15BrN2S/c1-13(2)9-16(5-6-17-13)12-4-3-10(8-15)7-11(12)14/h3-4,7H,5-6,9H2,1-2H3. The average molecular weight is 311 g/mol. The molecule has 1 aliphatic rings. The highest BCUT2D eigenvalue weighted by atomic mass is 79.9. The van der Waals surface area contributed by atoms with Crippen LogP contribution in [0.4, 0.5) is 5.69 Å². The molecule has 1 saturated heterocycles. The second kappa shape index (κ2) is 4.91. The molecule has 0 spiro atoms. The van der Waals surface area contributed by atoms with Crippen molar-refractivity contribution >= 4 is 33.4 Å². The van der Waals surface area contributed by atoms with E-state index in [1.807, 2.05) is 30.0 Å². The lowest BCUT2D eigenvalue weighted by Crippen LogP contribution is -2.43. The first-order valence-electron chi connectivity index (χ1n) is 5.60. The van der Waals surface area contributed by atoms with E-state index in [4.69, 9.17) is 5.26 Å². The quantitative estimate of drug-likeness (QED) is 0.792. The molecule has 0 amide bonds. The van der Waals surface area contributed by atoms with Gasteiger partial charge in [0.25, 0.3) is 0 Å². The summed E-state index contributed by atoms with van der Waals surface area (Å²) in [6.07, 6.45) is 0. The highest BCUT2D eigenvalue weighted by Crippen LogP contribution is 2.35. The molecule has 0 bridgehead atoms. The van der Waals surface area contributed by atoms with E-state index in [1.54, 1.807) is 0 Å². The van der Waals surface area contributed by atoms with Crippen LogP contribution in [0.5, 0.6) is 0 Å². The Labute approximate surface area is 115 Å². The molecule has 17 heavy (non-hydrogen) atoms. The van der Waals surface area contributed by atoms with Crippen LogP contribution in [0.25, 0.3) is 0 Å². The molecule has 0 saturated carbocycles. The van der Waals surface area contributed by atoms with Crippen LogP contribution >= 0.6 is 27.7 Å². The molecule has 2 nitrogen and oxygen atoms in total. The van der Waals surface area contributed by atoms with Gasteiger partial charge in [-0.1, -0.05) is 0 Å². The fourth-order valence-corrected chi connectivity index (χ4v) is 3.80. The largest absolute Gasteiger partial charge is 0.368 e. The van der Waals surface area contributed by atoms with Gasteiger partial charge in [-0.2, -0.15) is 17.0 Å². The highest BCUT2D eigenvalue weighted by molar-refractivity contribution is 9.10. The van der Waals surface area contributed by atoms with Crippen LogP contribution in [0.3, 0.4) is 0 Å². The Balaban J connectivity index is 2.26. The van der Waals surface area contributed by atoms with E-state index < -0.39 is 0 Å². The van der Waals surface area contributed by atoms with Gasteiger partial charge in [-0.3, -0.25) is 0 Å². The van der Waals surface area contributed by atoms with Gasteiger partial charge in [0, 0.05) is 28.1 Å². The summed E-state index contributed by atoms with van der Waals surface area (Å²) in [6, 6.07) is 7.97. The predicted octanol–water partition coefficient (Wildman–Crippen LogP) is 3.65. The number of thioether (sulfide) groups is 1. The van der Waals surface area contributed by atoms with E-state index in [-0.39, 0.29) is 0 Å². The molecule has 1 aromatic rings. The Morgan fingerprint density at radius 3 is 2.82 bits per heavy atom. The van der Waals surface area contributed by atoms with Crippen LogP contribution in [0, 0.1) is 11.3 Å². The Kier molecular flexibility index (Phi) is 3.70. The van der Waals surface area contributed by atoms with Crippen molar-refractivity contribution in [2.45, 2.75) is 18.6 Å². The summed E-state index contributed by atoms with van der Waals surface area (Å²) in [6.45, 7) is 6.67. The maximum Gasteiger partial charge on any atom is 0.0992 e. The number of rotatable bonds is 1. The van der Waals surface area contributed by atoms with Gasteiger partial charge in [-0.25, -0.2) is 0 Å². The molecule has 1 fully saturated rings. The van der Waals surface area contributed by atoms with Crippen molar-refractivity contribution in [2.75, 3.05) is 23.7 Å². The van der Waals surface area contributed by atoms with Crippen molar-refractivity contribution in [3.05, 3.63) is 28.2 Å². The lowest BCUT2D eigenvalue weighted by Gasteiger charge is -2.39. The molecule has 1 heterocycles. The minimum atomic E-state index is 0.297. The van der Waals surface area contributed by atoms with Gasteiger partial charge in [-0.05, 0) is 48.0 Å². The zero-order valence-electron chi connectivity index (χ0n) is 10.0. The number of halogens is 1. The van der Waals surface area contributed by atoms with Gasteiger partial charge in [0.05, 0.1) is 17.3 Å². The van der Waals surface area contributed by atoms with Crippen molar-refractivity contribution < 1.29 is 0 Å². The van der Waals surface area contributed by atoms with E-state index in [9.17, 15) is 0 Å². The van der Waals surface area contributed by atoms with Crippen molar-refractivity contribution in [2.24, 2.45) is 0 Å². The van der Waals surface area contributed by atoms with Crippen LogP contribution < -0.4 is 4.90 Å². The number of nitrogens with zero attached hydrogens (tertiary/aromatic N) is 2. The second-order valence-corrected chi connectivity index (χ2v) is 7.46. The fraction of sp³-hybridized carbons (Fsp3) is 0.462. The van der Waals surface area contributed by atoms with Gasteiger partial charge in [-0.15, -0.1) is 0 Å². The van der Waals surface area contributed by atoms with Crippen molar-refractivity contribution in [3.8, 4) is 6.07 Å². The zero-order valence-corrected chi connectivity index (χ0v) is 12.4. The van der Waals surface area contributed by atoms with Crippen molar-refractivity contribution in [3.63, 3.8) is 0 Å². The predicted molar refractivity (Wildman–Crippen MR) is 77.6 cm³/mol. The Morgan fingerprint density at radius 2 is 2.24 bits per heavy atom. The second-order valence-electron chi connectivity index (χ2n) is 4.81. The van der Waals surface area contributed by atoms with Crippen molar-refractivity contribution in [1.29, 1.82) is 5.26 Å². The number of benzene rings is 1. The first kappa shape index (κ1) is 12.8. The molecule has 0 N–H and O–H groups in total. The maximum absolute atomic E-state index is 8.86. The molecule has 0 aliphatic carbocycles. The molecule has 1 aliphatic heterocycles. The molecule has 2 rings (SSSR count). The molecule has 0 aromatic heterocycles. The van der Waals surface area contributed by atoms with Gasteiger partial charge >= 0.3 is 0 Å². The van der Waals surface area contributed by atoms with Crippen LogP contribution in [0.2, 0.25) is 0 Å². The average Bonchev–Trinajstić information content (AvgIpc) is 2.27. The molecule has 4 heteroatoms. The molecule has 0 atom stereocenters. The SMILES string of the molecule is CC1(C)CN(c2ccc(C#N)cc2Br)CCS1. The number of anilines is 1. The fourth-order valence-electron chi connectivity index (χ4n) is 2.05. The summed E-state index contributed by atoms with van der Waals surface area (Å²) in [5.41, 5.74) is 1.89.